The molecule has 0 bridgehead atoms. The van der Waals surface area contributed by atoms with E-state index in [-0.39, 0.29) is 36.7 Å². The van der Waals surface area contributed by atoms with Crippen LogP contribution in [0, 0.1) is 0 Å². The fraction of sp³-hybridized carbons (Fsp3) is 0.793. The highest BCUT2D eigenvalue weighted by Crippen LogP contribution is 2.13. The molecule has 0 fully saturated rings. The minimum Gasteiger partial charge on any atom is -0.480 e. The van der Waals surface area contributed by atoms with Gasteiger partial charge >= 0.3 is 17.9 Å². The maximum absolute atomic E-state index is 12.4. The number of carboxylic acids is 3. The Balaban J connectivity index is 4.45. The maximum Gasteiger partial charge on any atom is 0.327 e. The third-order valence-corrected chi connectivity index (χ3v) is 7.91. The van der Waals surface area contributed by atoms with Crippen LogP contribution in [0.4, 0.5) is 0 Å². The third-order valence-electron chi connectivity index (χ3n) is 6.77. The first-order valence-electron chi connectivity index (χ1n) is 15.3. The molecule has 14 heteroatoms. The van der Waals surface area contributed by atoms with E-state index in [2.05, 4.69) is 22.9 Å². The molecular formula is C29H52N4O9S. The molecule has 0 heterocycles. The topological polar surface area (TPSA) is 225 Å². The van der Waals surface area contributed by atoms with Crippen LogP contribution in [0.5, 0.6) is 0 Å². The summed E-state index contributed by atoms with van der Waals surface area (Å²) in [5, 5.41) is 34.2. The molecule has 0 radical (unpaired) electrons. The van der Waals surface area contributed by atoms with E-state index in [9.17, 15) is 33.9 Å². The average Bonchev–Trinajstić information content (AvgIpc) is 2.95. The van der Waals surface area contributed by atoms with Crippen molar-refractivity contribution in [2.45, 2.75) is 128 Å². The van der Waals surface area contributed by atoms with Crippen LogP contribution < -0.4 is 21.7 Å². The zero-order valence-electron chi connectivity index (χ0n) is 25.4. The van der Waals surface area contributed by atoms with E-state index in [1.165, 1.54) is 57.8 Å². The Bertz CT molecular complexity index is 860. The molecule has 0 aromatic rings. The lowest BCUT2D eigenvalue weighted by atomic mass is 10.0. The van der Waals surface area contributed by atoms with Crippen LogP contribution in [-0.4, -0.2) is 87.1 Å². The number of nitrogens with one attached hydrogen (secondary N) is 3. The Labute approximate surface area is 258 Å². The molecule has 3 atom stereocenters. The molecule has 0 aromatic carbocycles. The number of hydrogen-bond donors (Lipinski definition) is 7. The van der Waals surface area contributed by atoms with Crippen molar-refractivity contribution in [3.05, 3.63) is 0 Å². The van der Waals surface area contributed by atoms with E-state index >= 15 is 0 Å². The largest absolute Gasteiger partial charge is 0.480 e. The number of aliphatic carboxylic acids is 3. The minimum absolute atomic E-state index is 0.0951. The normalized spacial score (nSPS) is 13.0. The second kappa shape index (κ2) is 25.6. The van der Waals surface area contributed by atoms with Crippen LogP contribution in [0.25, 0.3) is 0 Å². The summed E-state index contributed by atoms with van der Waals surface area (Å²) in [6.07, 6.45) is 15.0. The van der Waals surface area contributed by atoms with Crippen LogP contribution in [0.3, 0.4) is 0 Å². The number of unbranched alkanes of at least 4 members (excludes halogenated alkanes) is 12. The van der Waals surface area contributed by atoms with E-state index in [1.54, 1.807) is 0 Å². The molecule has 3 amide bonds. The van der Waals surface area contributed by atoms with Crippen molar-refractivity contribution in [2.75, 3.05) is 18.1 Å². The first-order valence-corrected chi connectivity index (χ1v) is 16.5. The Morgan fingerprint density at radius 1 is 0.651 bits per heavy atom. The molecule has 0 saturated heterocycles. The Hall–Kier alpha value is -2.87. The van der Waals surface area contributed by atoms with Gasteiger partial charge in [-0.25, -0.2) is 4.79 Å². The van der Waals surface area contributed by atoms with Crippen LogP contribution in [0.15, 0.2) is 0 Å². The number of hydrogen-bond acceptors (Lipinski definition) is 8. The first-order chi connectivity index (χ1) is 20.5. The molecule has 248 valence electrons. The van der Waals surface area contributed by atoms with Gasteiger partial charge in [0.25, 0.3) is 0 Å². The van der Waals surface area contributed by atoms with Crippen molar-refractivity contribution in [2.24, 2.45) is 5.73 Å². The quantitative estimate of drug-likeness (QED) is 0.0621. The highest BCUT2D eigenvalue weighted by molar-refractivity contribution is 7.99. The number of thioether (sulfide) groups is 1. The summed E-state index contributed by atoms with van der Waals surface area (Å²) >= 11 is 0.984. The zero-order valence-corrected chi connectivity index (χ0v) is 26.3. The lowest BCUT2D eigenvalue weighted by Gasteiger charge is -2.20. The van der Waals surface area contributed by atoms with Crippen molar-refractivity contribution in [1.82, 2.24) is 16.0 Å². The second-order valence-corrected chi connectivity index (χ2v) is 11.8. The Morgan fingerprint density at radius 3 is 1.60 bits per heavy atom. The molecule has 0 aromatic heterocycles. The maximum atomic E-state index is 12.4. The second-order valence-electron chi connectivity index (χ2n) is 10.7. The number of rotatable bonds is 28. The van der Waals surface area contributed by atoms with Gasteiger partial charge in [-0.15, -0.1) is 0 Å². The fourth-order valence-electron chi connectivity index (χ4n) is 4.19. The number of carbonyl (C=O) groups excluding carboxylic acids is 3. The fourth-order valence-corrected chi connectivity index (χ4v) is 5.26. The van der Waals surface area contributed by atoms with Gasteiger partial charge < -0.3 is 37.0 Å². The van der Waals surface area contributed by atoms with Gasteiger partial charge in [-0.1, -0.05) is 84.0 Å². The molecule has 8 N–H and O–H groups in total. The molecular weight excluding hydrogens is 580 g/mol. The smallest absolute Gasteiger partial charge is 0.327 e. The number of carboxylic acid groups (broad SMARTS) is 3. The number of carbonyl (C=O) groups is 6. The molecule has 0 saturated carbocycles. The van der Waals surface area contributed by atoms with Gasteiger partial charge in [0.2, 0.25) is 17.7 Å². The average molecular weight is 633 g/mol. The molecule has 0 aliphatic heterocycles. The highest BCUT2D eigenvalue weighted by Gasteiger charge is 2.25. The predicted octanol–water partition coefficient (Wildman–Crippen LogP) is 2.65. The molecule has 1 unspecified atom stereocenters. The van der Waals surface area contributed by atoms with E-state index in [0.717, 1.165) is 31.0 Å². The molecule has 43 heavy (non-hydrogen) atoms. The minimum atomic E-state index is -1.30. The molecule has 0 spiro atoms. The Kier molecular flexibility index (Phi) is 23.9. The lowest BCUT2D eigenvalue weighted by Crippen LogP contribution is -2.50. The van der Waals surface area contributed by atoms with E-state index in [4.69, 9.17) is 15.9 Å². The van der Waals surface area contributed by atoms with Gasteiger partial charge in [0.05, 0.1) is 0 Å². The van der Waals surface area contributed by atoms with Gasteiger partial charge in [-0.05, 0) is 12.8 Å². The van der Waals surface area contributed by atoms with Crippen LogP contribution in [0.2, 0.25) is 0 Å². The van der Waals surface area contributed by atoms with Crippen molar-refractivity contribution >= 4 is 47.4 Å². The van der Waals surface area contributed by atoms with Crippen molar-refractivity contribution < 1.29 is 44.1 Å². The summed E-state index contributed by atoms with van der Waals surface area (Å²) < 4.78 is 0. The predicted molar refractivity (Wildman–Crippen MR) is 165 cm³/mol. The van der Waals surface area contributed by atoms with Gasteiger partial charge in [-0.3, -0.25) is 24.0 Å². The van der Waals surface area contributed by atoms with Gasteiger partial charge in [0.1, 0.15) is 24.7 Å². The Morgan fingerprint density at radius 2 is 1.12 bits per heavy atom. The lowest BCUT2D eigenvalue weighted by molar-refractivity contribution is -0.141. The van der Waals surface area contributed by atoms with E-state index < -0.39 is 54.4 Å². The van der Waals surface area contributed by atoms with E-state index in [1.807, 2.05) is 0 Å². The van der Waals surface area contributed by atoms with Crippen molar-refractivity contribution in [3.8, 4) is 0 Å². The summed E-state index contributed by atoms with van der Waals surface area (Å²) in [7, 11) is 0. The number of nitrogens with two attached hydrogens (primary N) is 1. The van der Waals surface area contributed by atoms with E-state index in [0.29, 0.717) is 6.42 Å². The summed E-state index contributed by atoms with van der Waals surface area (Å²) in [4.78, 5) is 70.3. The zero-order chi connectivity index (χ0) is 32.5. The summed E-state index contributed by atoms with van der Waals surface area (Å²) in [6.45, 7) is 1.53. The highest BCUT2D eigenvalue weighted by atomic mass is 32.2. The monoisotopic (exact) mass is 632 g/mol. The molecule has 0 aliphatic carbocycles. The molecule has 0 rings (SSSR count). The number of amides is 3. The van der Waals surface area contributed by atoms with Crippen molar-refractivity contribution in [3.63, 3.8) is 0 Å². The molecule has 0 aliphatic rings. The summed E-state index contributed by atoms with van der Waals surface area (Å²) in [5.74, 6) is -5.88. The third kappa shape index (κ3) is 23.3. The SMILES string of the molecule is CCCCCCCCCCCCCCCC(=O)NC(CSC[C@H](NC(=O)CC[C@H](N)C(=O)O)C(=O)NCC(=O)O)C(=O)O. The standard InChI is InChI=1S/C29H52N4O9S/c1-2-3-4-5-6-7-8-9-10-11-12-13-14-15-24(34)33-23(29(41)42)20-43-19-22(27(38)31-18-26(36)37)32-25(35)17-16-21(30)28(39)40/h21-23H,2-20,30H2,1H3,(H,31,38)(H,32,35)(H,33,34)(H,36,37)(H,39,40)(H,41,42)/t21-,22-,23?/m0/s1. The van der Waals surface area contributed by atoms with Crippen LogP contribution in [0.1, 0.15) is 110 Å². The van der Waals surface area contributed by atoms with Gasteiger partial charge in [-0.2, -0.15) is 11.8 Å². The summed E-state index contributed by atoms with van der Waals surface area (Å²) in [5.41, 5.74) is 5.39. The van der Waals surface area contributed by atoms with Crippen LogP contribution >= 0.6 is 11.8 Å². The van der Waals surface area contributed by atoms with Crippen LogP contribution in [-0.2, 0) is 28.8 Å². The van der Waals surface area contributed by atoms with Crippen molar-refractivity contribution in [1.29, 1.82) is 0 Å². The first kappa shape index (κ1) is 40.1. The van der Waals surface area contributed by atoms with Gasteiger partial charge in [0, 0.05) is 24.3 Å². The molecule has 13 nitrogen and oxygen atoms in total. The van der Waals surface area contributed by atoms with Gasteiger partial charge in [0.15, 0.2) is 0 Å². The summed E-state index contributed by atoms with van der Waals surface area (Å²) in [6, 6.07) is -3.70.